The largest absolute Gasteiger partial charge is 0.468 e. The lowest BCUT2D eigenvalue weighted by atomic mass is 9.77. The van der Waals surface area contributed by atoms with E-state index in [0.717, 1.165) is 0 Å². The van der Waals surface area contributed by atoms with E-state index >= 15 is 0 Å². The molecule has 1 aliphatic rings. The first-order valence-electron chi connectivity index (χ1n) is 5.79. The van der Waals surface area contributed by atoms with Crippen molar-refractivity contribution in [1.29, 1.82) is 0 Å². The van der Waals surface area contributed by atoms with Crippen molar-refractivity contribution >= 4 is 17.5 Å². The molecule has 6 heteroatoms. The maximum atomic E-state index is 12.1. The summed E-state index contributed by atoms with van der Waals surface area (Å²) >= 11 is 0. The third kappa shape index (κ3) is 1.99. The molecule has 0 aromatic carbocycles. The number of nitrogens with two attached hydrogens (primary N) is 2. The van der Waals surface area contributed by atoms with E-state index in [0.29, 0.717) is 37.4 Å². The zero-order valence-corrected chi connectivity index (χ0v) is 10.3. The van der Waals surface area contributed by atoms with Gasteiger partial charge >= 0.3 is 5.97 Å². The van der Waals surface area contributed by atoms with Gasteiger partial charge in [0.2, 0.25) is 0 Å². The van der Waals surface area contributed by atoms with Crippen LogP contribution >= 0.6 is 0 Å². The molecule has 2 rings (SSSR count). The first kappa shape index (κ1) is 12.6. The molecule has 98 valence electrons. The van der Waals surface area contributed by atoms with Crippen molar-refractivity contribution in [2.45, 2.75) is 18.3 Å². The molecule has 0 atom stereocenters. The zero-order valence-electron chi connectivity index (χ0n) is 10.3. The van der Waals surface area contributed by atoms with Crippen molar-refractivity contribution < 1.29 is 14.3 Å². The summed E-state index contributed by atoms with van der Waals surface area (Å²) < 4.78 is 10.2. The van der Waals surface area contributed by atoms with Gasteiger partial charge in [0.1, 0.15) is 11.2 Å². The van der Waals surface area contributed by atoms with Crippen LogP contribution in [0.2, 0.25) is 0 Å². The smallest absolute Gasteiger partial charge is 0.318 e. The van der Waals surface area contributed by atoms with Crippen molar-refractivity contribution in [3.05, 3.63) is 17.8 Å². The molecule has 0 aliphatic carbocycles. The Balaban J connectivity index is 2.45. The maximum Gasteiger partial charge on any atom is 0.318 e. The topological polar surface area (TPSA) is 100 Å². The number of carbonyl (C=O) groups is 1. The highest BCUT2D eigenvalue weighted by Crippen LogP contribution is 2.36. The molecule has 2 heterocycles. The van der Waals surface area contributed by atoms with E-state index in [4.69, 9.17) is 20.9 Å². The number of pyridine rings is 1. The predicted octanol–water partition coefficient (Wildman–Crippen LogP) is 0.467. The molecule has 1 aliphatic heterocycles. The van der Waals surface area contributed by atoms with Gasteiger partial charge in [-0.2, -0.15) is 0 Å². The van der Waals surface area contributed by atoms with Gasteiger partial charge in [-0.25, -0.2) is 4.98 Å². The van der Waals surface area contributed by atoms with Crippen LogP contribution in [0.4, 0.5) is 11.5 Å². The Morgan fingerprint density at radius 1 is 1.39 bits per heavy atom. The minimum Gasteiger partial charge on any atom is -0.468 e. The van der Waals surface area contributed by atoms with Crippen molar-refractivity contribution in [3.63, 3.8) is 0 Å². The lowest BCUT2D eigenvalue weighted by Gasteiger charge is -2.33. The number of methoxy groups -OCH3 is 1. The molecule has 0 saturated carbocycles. The SMILES string of the molecule is COC(=O)C1(c2ccc(N)c(N)n2)CCOCC1. The molecule has 0 spiro atoms. The summed E-state index contributed by atoms with van der Waals surface area (Å²) in [7, 11) is 1.38. The lowest BCUT2D eigenvalue weighted by molar-refractivity contribution is -0.151. The Morgan fingerprint density at radius 2 is 2.06 bits per heavy atom. The van der Waals surface area contributed by atoms with Crippen molar-refractivity contribution in [3.8, 4) is 0 Å². The summed E-state index contributed by atoms with van der Waals surface area (Å²) in [5.41, 5.74) is 11.6. The fourth-order valence-corrected chi connectivity index (χ4v) is 2.23. The average Bonchev–Trinajstić information content (AvgIpc) is 2.41. The van der Waals surface area contributed by atoms with E-state index in [1.807, 2.05) is 0 Å². The van der Waals surface area contributed by atoms with Gasteiger partial charge in [-0.15, -0.1) is 0 Å². The van der Waals surface area contributed by atoms with Gasteiger partial charge < -0.3 is 20.9 Å². The minimum atomic E-state index is -0.769. The maximum absolute atomic E-state index is 12.1. The Morgan fingerprint density at radius 3 is 2.61 bits per heavy atom. The summed E-state index contributed by atoms with van der Waals surface area (Å²) in [6.45, 7) is 1.00. The lowest BCUT2D eigenvalue weighted by Crippen LogP contribution is -2.43. The Hall–Kier alpha value is -1.82. The van der Waals surface area contributed by atoms with Crippen LogP contribution in [0.5, 0.6) is 0 Å². The number of carbonyl (C=O) groups excluding carboxylic acids is 1. The Bertz CT molecular complexity index is 456. The standard InChI is InChI=1S/C12H17N3O3/c1-17-11(16)12(4-6-18-7-5-12)9-3-2-8(13)10(14)15-9/h2-3H,4-7,13H2,1H3,(H2,14,15). The van der Waals surface area contributed by atoms with Gasteiger partial charge in [-0.1, -0.05) is 0 Å². The molecule has 0 amide bonds. The molecule has 1 aromatic rings. The first-order chi connectivity index (χ1) is 8.60. The van der Waals surface area contributed by atoms with Crippen LogP contribution in [0.25, 0.3) is 0 Å². The summed E-state index contributed by atoms with van der Waals surface area (Å²) in [4.78, 5) is 16.3. The number of ether oxygens (including phenoxy) is 2. The third-order valence-corrected chi connectivity index (χ3v) is 3.37. The number of hydrogen-bond donors (Lipinski definition) is 2. The summed E-state index contributed by atoms with van der Waals surface area (Å²) in [5, 5.41) is 0. The van der Waals surface area contributed by atoms with Crippen molar-refractivity contribution in [2.24, 2.45) is 0 Å². The molecule has 1 saturated heterocycles. The number of esters is 1. The predicted molar refractivity (Wildman–Crippen MR) is 66.8 cm³/mol. The number of nitrogens with zero attached hydrogens (tertiary/aromatic N) is 1. The van der Waals surface area contributed by atoms with Crippen molar-refractivity contribution in [2.75, 3.05) is 31.8 Å². The second kappa shape index (κ2) is 4.81. The molecular formula is C12H17N3O3. The summed E-state index contributed by atoms with van der Waals surface area (Å²) in [5.74, 6) is -0.0651. The van der Waals surface area contributed by atoms with Crippen LogP contribution in [0.15, 0.2) is 12.1 Å². The fraction of sp³-hybridized carbons (Fsp3) is 0.500. The number of anilines is 2. The highest BCUT2D eigenvalue weighted by atomic mass is 16.5. The second-order valence-corrected chi connectivity index (χ2v) is 4.36. The van der Waals surface area contributed by atoms with Crippen LogP contribution in [0.1, 0.15) is 18.5 Å². The summed E-state index contributed by atoms with van der Waals surface area (Å²) in [6, 6.07) is 3.39. The average molecular weight is 251 g/mol. The normalized spacial score (nSPS) is 18.3. The molecular weight excluding hydrogens is 234 g/mol. The molecule has 0 radical (unpaired) electrons. The summed E-state index contributed by atoms with van der Waals surface area (Å²) in [6.07, 6.45) is 1.08. The van der Waals surface area contributed by atoms with Gasteiger partial charge in [0, 0.05) is 13.2 Å². The molecule has 1 aromatic heterocycles. The van der Waals surface area contributed by atoms with Crippen LogP contribution in [-0.2, 0) is 19.7 Å². The van der Waals surface area contributed by atoms with Crippen LogP contribution in [0, 0.1) is 0 Å². The van der Waals surface area contributed by atoms with E-state index in [1.54, 1.807) is 12.1 Å². The molecule has 6 nitrogen and oxygen atoms in total. The van der Waals surface area contributed by atoms with Gasteiger partial charge in [0.25, 0.3) is 0 Å². The van der Waals surface area contributed by atoms with Gasteiger partial charge in [0.15, 0.2) is 0 Å². The molecule has 0 bridgehead atoms. The number of nitrogen functional groups attached to an aromatic ring is 2. The number of aromatic nitrogens is 1. The highest BCUT2D eigenvalue weighted by Gasteiger charge is 2.44. The zero-order chi connectivity index (χ0) is 13.2. The monoisotopic (exact) mass is 251 g/mol. The third-order valence-electron chi connectivity index (χ3n) is 3.37. The van der Waals surface area contributed by atoms with E-state index in [2.05, 4.69) is 4.98 Å². The molecule has 1 fully saturated rings. The van der Waals surface area contributed by atoms with E-state index in [1.165, 1.54) is 7.11 Å². The molecule has 4 N–H and O–H groups in total. The van der Waals surface area contributed by atoms with Gasteiger partial charge in [-0.3, -0.25) is 4.79 Å². The van der Waals surface area contributed by atoms with Crippen LogP contribution in [0.3, 0.4) is 0 Å². The first-order valence-corrected chi connectivity index (χ1v) is 5.79. The number of hydrogen-bond acceptors (Lipinski definition) is 6. The van der Waals surface area contributed by atoms with E-state index < -0.39 is 5.41 Å². The molecule has 0 unspecified atom stereocenters. The van der Waals surface area contributed by atoms with Crippen LogP contribution in [-0.4, -0.2) is 31.3 Å². The van der Waals surface area contributed by atoms with Crippen LogP contribution < -0.4 is 11.5 Å². The minimum absolute atomic E-state index is 0.238. The Kier molecular flexibility index (Phi) is 3.38. The number of rotatable bonds is 2. The Labute approximate surface area is 105 Å². The quantitative estimate of drug-likeness (QED) is 0.741. The molecule has 18 heavy (non-hydrogen) atoms. The second-order valence-electron chi connectivity index (χ2n) is 4.36. The van der Waals surface area contributed by atoms with Gasteiger partial charge in [-0.05, 0) is 25.0 Å². The van der Waals surface area contributed by atoms with Crippen molar-refractivity contribution in [1.82, 2.24) is 4.98 Å². The van der Waals surface area contributed by atoms with E-state index in [-0.39, 0.29) is 11.8 Å². The fourth-order valence-electron chi connectivity index (χ4n) is 2.23. The van der Waals surface area contributed by atoms with Gasteiger partial charge in [0.05, 0.1) is 18.5 Å². The van der Waals surface area contributed by atoms with E-state index in [9.17, 15) is 4.79 Å². The highest BCUT2D eigenvalue weighted by molar-refractivity contribution is 5.83.